The van der Waals surface area contributed by atoms with Crippen LogP contribution in [-0.2, 0) is 18.4 Å². The lowest BCUT2D eigenvalue weighted by molar-refractivity contribution is 0.584. The molecule has 0 atom stereocenters. The van der Waals surface area contributed by atoms with Gasteiger partial charge in [0.2, 0.25) is 5.82 Å². The number of imidazole rings is 1. The van der Waals surface area contributed by atoms with Crippen LogP contribution in [0.4, 0.5) is 0 Å². The summed E-state index contributed by atoms with van der Waals surface area (Å²) in [5.74, 6) is 0.565. The summed E-state index contributed by atoms with van der Waals surface area (Å²) in [6.07, 6.45) is 6.28. The molecule has 0 fully saturated rings. The average molecular weight is 521 g/mol. The minimum Gasteiger partial charge on any atom is -0.292 e. The van der Waals surface area contributed by atoms with Gasteiger partial charge in [-0.2, -0.15) is 5.21 Å². The Hall–Kier alpha value is -4.26. The zero-order valence-electron chi connectivity index (χ0n) is 23.2. The molecule has 39 heavy (non-hydrogen) atoms. The van der Waals surface area contributed by atoms with Gasteiger partial charge in [0.15, 0.2) is 0 Å². The normalized spacial score (nSPS) is 11.7. The molecule has 0 saturated heterocycles. The molecule has 0 aliphatic heterocycles. The molecule has 0 spiro atoms. The summed E-state index contributed by atoms with van der Waals surface area (Å²) in [6, 6.07) is 24.7. The van der Waals surface area contributed by atoms with E-state index in [0.29, 0.717) is 12.4 Å². The highest BCUT2D eigenvalue weighted by atomic mass is 16.1. The number of aromatic amines is 1. The summed E-state index contributed by atoms with van der Waals surface area (Å²) >= 11 is 0. The van der Waals surface area contributed by atoms with E-state index in [2.05, 4.69) is 97.0 Å². The zero-order valence-corrected chi connectivity index (χ0v) is 23.2. The van der Waals surface area contributed by atoms with Crippen molar-refractivity contribution in [3.8, 4) is 28.2 Å². The molecule has 1 N–H and O–H groups in total. The summed E-state index contributed by atoms with van der Waals surface area (Å²) in [5, 5.41) is 14.6. The van der Waals surface area contributed by atoms with Crippen molar-refractivity contribution in [3.05, 3.63) is 106 Å². The Morgan fingerprint density at radius 2 is 1.59 bits per heavy atom. The van der Waals surface area contributed by atoms with Crippen molar-refractivity contribution in [3.63, 3.8) is 0 Å². The Bertz CT molecular complexity index is 1590. The molecule has 0 unspecified atom stereocenters. The monoisotopic (exact) mass is 520 g/mol. The number of benzene rings is 3. The van der Waals surface area contributed by atoms with Crippen LogP contribution in [0.2, 0.25) is 0 Å². The van der Waals surface area contributed by atoms with Gasteiger partial charge in [0.1, 0.15) is 0 Å². The highest BCUT2D eigenvalue weighted by Crippen LogP contribution is 2.30. The molecule has 0 saturated carbocycles. The van der Waals surface area contributed by atoms with Crippen LogP contribution in [0.5, 0.6) is 0 Å². The second kappa shape index (κ2) is 11.2. The van der Waals surface area contributed by atoms with E-state index in [1.165, 1.54) is 0 Å². The maximum Gasteiger partial charge on any atom is 0.333 e. The molecule has 0 bridgehead atoms. The molecule has 2 heterocycles. The first-order valence-corrected chi connectivity index (χ1v) is 13.7. The van der Waals surface area contributed by atoms with Gasteiger partial charge in [-0.05, 0) is 51.8 Å². The molecule has 5 rings (SSSR count). The predicted octanol–water partition coefficient (Wildman–Crippen LogP) is 6.56. The Morgan fingerprint density at radius 1 is 0.872 bits per heavy atom. The molecule has 0 radical (unpaired) electrons. The molecule has 0 aliphatic rings. The number of tetrazole rings is 1. The van der Waals surface area contributed by atoms with E-state index in [1.807, 2.05) is 39.5 Å². The Kier molecular flexibility index (Phi) is 7.59. The van der Waals surface area contributed by atoms with Crippen LogP contribution in [0.25, 0.3) is 28.2 Å². The summed E-state index contributed by atoms with van der Waals surface area (Å²) in [6.45, 7) is 9.30. The minimum atomic E-state index is -0.0753. The number of aromatic nitrogens is 6. The molecule has 0 amide bonds. The van der Waals surface area contributed by atoms with Crippen LogP contribution in [0.15, 0.2) is 83.8 Å². The van der Waals surface area contributed by atoms with Crippen LogP contribution >= 0.6 is 0 Å². The standard InChI is InChI=1S/C32H36N6O/c1-5-6-7-12-25-22-38(29-16-11-10-15-28(29)32(2,3)4)31(39)37(25)21-23-17-19-24(20-18-23)26-13-8-9-14-27(26)30-33-35-36-34-30/h8-11,13-20,22H,5-7,12,21H2,1-4H3,(H,33,34,35,36). The smallest absolute Gasteiger partial charge is 0.292 e. The number of aryl methyl sites for hydroxylation is 1. The van der Waals surface area contributed by atoms with Crippen LogP contribution in [0.3, 0.4) is 0 Å². The van der Waals surface area contributed by atoms with Gasteiger partial charge in [0.25, 0.3) is 0 Å². The molecule has 5 aromatic rings. The molecule has 200 valence electrons. The lowest BCUT2D eigenvalue weighted by Crippen LogP contribution is -2.26. The fourth-order valence-electron chi connectivity index (χ4n) is 5.12. The maximum atomic E-state index is 13.9. The fourth-order valence-corrected chi connectivity index (χ4v) is 5.12. The maximum absolute atomic E-state index is 13.9. The molecule has 7 heteroatoms. The van der Waals surface area contributed by atoms with Gasteiger partial charge in [0, 0.05) is 17.5 Å². The largest absolute Gasteiger partial charge is 0.333 e. The number of nitrogens with one attached hydrogen (secondary N) is 1. The molecule has 3 aromatic carbocycles. The third-order valence-electron chi connectivity index (χ3n) is 7.19. The van der Waals surface area contributed by atoms with Crippen molar-refractivity contribution < 1.29 is 0 Å². The van der Waals surface area contributed by atoms with E-state index < -0.39 is 0 Å². The van der Waals surface area contributed by atoms with Gasteiger partial charge in [-0.1, -0.05) is 107 Å². The molecule has 7 nitrogen and oxygen atoms in total. The van der Waals surface area contributed by atoms with Gasteiger partial charge in [0.05, 0.1) is 12.2 Å². The number of rotatable bonds is 9. The highest BCUT2D eigenvalue weighted by molar-refractivity contribution is 5.80. The van der Waals surface area contributed by atoms with Crippen molar-refractivity contribution in [1.29, 1.82) is 0 Å². The van der Waals surface area contributed by atoms with Crippen molar-refractivity contribution in [2.75, 3.05) is 0 Å². The number of para-hydroxylation sites is 1. The number of hydrogen-bond donors (Lipinski definition) is 1. The van der Waals surface area contributed by atoms with Crippen molar-refractivity contribution >= 4 is 0 Å². The highest BCUT2D eigenvalue weighted by Gasteiger charge is 2.21. The van der Waals surface area contributed by atoms with E-state index in [1.54, 1.807) is 0 Å². The summed E-state index contributed by atoms with van der Waals surface area (Å²) in [5.41, 5.74) is 7.22. The number of H-pyrrole nitrogens is 1. The third kappa shape index (κ3) is 5.62. The first kappa shape index (κ1) is 26.4. The van der Waals surface area contributed by atoms with E-state index in [0.717, 1.165) is 64.9 Å². The Morgan fingerprint density at radius 3 is 2.28 bits per heavy atom. The number of nitrogens with zero attached hydrogens (tertiary/aromatic N) is 5. The topological polar surface area (TPSA) is 81.4 Å². The minimum absolute atomic E-state index is 0.00438. The van der Waals surface area contributed by atoms with Gasteiger partial charge >= 0.3 is 5.69 Å². The first-order chi connectivity index (χ1) is 18.9. The fraction of sp³-hybridized carbons (Fsp3) is 0.312. The van der Waals surface area contributed by atoms with E-state index in [4.69, 9.17) is 0 Å². The van der Waals surface area contributed by atoms with E-state index in [-0.39, 0.29) is 11.1 Å². The second-order valence-corrected chi connectivity index (χ2v) is 11.1. The summed E-state index contributed by atoms with van der Waals surface area (Å²) in [7, 11) is 0. The third-order valence-corrected chi connectivity index (χ3v) is 7.19. The number of hydrogen-bond acceptors (Lipinski definition) is 4. The molecule has 0 aliphatic carbocycles. The van der Waals surface area contributed by atoms with Crippen molar-refractivity contribution in [2.45, 2.75) is 65.3 Å². The predicted molar refractivity (Wildman–Crippen MR) is 156 cm³/mol. The first-order valence-electron chi connectivity index (χ1n) is 13.7. The van der Waals surface area contributed by atoms with Gasteiger partial charge in [-0.15, -0.1) is 10.2 Å². The lowest BCUT2D eigenvalue weighted by atomic mass is 9.86. The molecular formula is C32H36N6O. The van der Waals surface area contributed by atoms with Gasteiger partial charge in [-0.3, -0.25) is 9.13 Å². The second-order valence-electron chi connectivity index (χ2n) is 11.1. The summed E-state index contributed by atoms with van der Waals surface area (Å²) < 4.78 is 3.79. The van der Waals surface area contributed by atoms with Gasteiger partial charge < -0.3 is 0 Å². The Labute approximate surface area is 229 Å². The quantitative estimate of drug-likeness (QED) is 0.223. The zero-order chi connectivity index (χ0) is 27.4. The van der Waals surface area contributed by atoms with Crippen LogP contribution in [-0.4, -0.2) is 29.8 Å². The number of unbranched alkanes of at least 4 members (excludes halogenated alkanes) is 2. The van der Waals surface area contributed by atoms with E-state index in [9.17, 15) is 4.79 Å². The lowest BCUT2D eigenvalue weighted by Gasteiger charge is -2.22. The van der Waals surface area contributed by atoms with Crippen molar-refractivity contribution in [2.24, 2.45) is 0 Å². The SMILES string of the molecule is CCCCCc1cn(-c2ccccc2C(C)(C)C)c(=O)n1Cc1ccc(-c2ccccc2-c2nn[nH]n2)cc1. The van der Waals surface area contributed by atoms with Crippen molar-refractivity contribution in [1.82, 2.24) is 29.8 Å². The van der Waals surface area contributed by atoms with E-state index >= 15 is 0 Å². The average Bonchev–Trinajstić information content (AvgIpc) is 3.58. The van der Waals surface area contributed by atoms with Crippen LogP contribution < -0.4 is 5.69 Å². The Balaban J connectivity index is 1.49. The molecule has 2 aromatic heterocycles. The summed E-state index contributed by atoms with van der Waals surface area (Å²) in [4.78, 5) is 13.9. The molecular weight excluding hydrogens is 484 g/mol. The van der Waals surface area contributed by atoms with Gasteiger partial charge in [-0.25, -0.2) is 4.79 Å². The van der Waals surface area contributed by atoms with Crippen LogP contribution in [0.1, 0.15) is 63.8 Å². The van der Waals surface area contributed by atoms with Crippen LogP contribution in [0, 0.1) is 0 Å².